The molecule has 1 saturated heterocycles. The summed E-state index contributed by atoms with van der Waals surface area (Å²) in [6.45, 7) is 5.84. The minimum atomic E-state index is -0.0156. The number of aliphatic hydroxyl groups excluding tert-OH is 1. The normalized spacial score (nSPS) is 19.2. The predicted molar refractivity (Wildman–Crippen MR) is 141 cm³/mol. The lowest BCUT2D eigenvalue weighted by Gasteiger charge is -2.40. The number of fused-ring (bicyclic) bond motifs is 1. The quantitative estimate of drug-likeness (QED) is 0.519. The highest BCUT2D eigenvalue weighted by atomic mass is 16.3. The summed E-state index contributed by atoms with van der Waals surface area (Å²) in [5.74, 6) is 1.13. The van der Waals surface area contributed by atoms with E-state index in [2.05, 4.69) is 42.6 Å². The Morgan fingerprint density at radius 3 is 2.64 bits per heavy atom. The maximum Gasteiger partial charge on any atom is 0.270 e. The summed E-state index contributed by atoms with van der Waals surface area (Å²) in [4.78, 5) is 33.1. The molecule has 1 saturated carbocycles. The molecule has 2 N–H and O–H groups in total. The second-order valence-electron chi connectivity index (χ2n) is 10.1. The second kappa shape index (κ2) is 10.4. The number of carbonyl (C=O) groups is 1. The van der Waals surface area contributed by atoms with Crippen molar-refractivity contribution in [1.29, 1.82) is 0 Å². The van der Waals surface area contributed by atoms with Crippen molar-refractivity contribution in [3.63, 3.8) is 0 Å². The van der Waals surface area contributed by atoms with Gasteiger partial charge in [-0.15, -0.1) is 0 Å². The second-order valence-corrected chi connectivity index (χ2v) is 10.1. The molecule has 2 fully saturated rings. The SMILES string of the molecule is C[C@H]1CN(c2ccc(Nc3ncc4cc(C(=O)N(C)C)n(C5CCCC5)c4n3)nc2)CCN1CCO. The summed E-state index contributed by atoms with van der Waals surface area (Å²) < 4.78 is 2.12. The van der Waals surface area contributed by atoms with Crippen LogP contribution in [0.5, 0.6) is 0 Å². The lowest BCUT2D eigenvalue weighted by molar-refractivity contribution is 0.0815. The molecule has 4 heterocycles. The van der Waals surface area contributed by atoms with Crippen LogP contribution in [-0.4, -0.2) is 93.3 Å². The lowest BCUT2D eigenvalue weighted by atomic mass is 10.2. The molecule has 0 unspecified atom stereocenters. The topological polar surface area (TPSA) is 103 Å². The Hall–Kier alpha value is -3.24. The third-order valence-corrected chi connectivity index (χ3v) is 7.40. The summed E-state index contributed by atoms with van der Waals surface area (Å²) in [6.07, 6.45) is 8.11. The predicted octanol–water partition coefficient (Wildman–Crippen LogP) is 2.89. The van der Waals surface area contributed by atoms with E-state index < -0.39 is 0 Å². The third-order valence-electron chi connectivity index (χ3n) is 7.40. The molecule has 0 aromatic carbocycles. The van der Waals surface area contributed by atoms with Crippen molar-refractivity contribution in [3.05, 3.63) is 36.3 Å². The maximum absolute atomic E-state index is 12.9. The first kappa shape index (κ1) is 24.5. The number of amides is 1. The molecule has 1 aliphatic heterocycles. The van der Waals surface area contributed by atoms with Crippen LogP contribution in [0.15, 0.2) is 30.6 Å². The van der Waals surface area contributed by atoms with Gasteiger partial charge in [0.1, 0.15) is 17.2 Å². The highest BCUT2D eigenvalue weighted by molar-refractivity contribution is 5.97. The lowest BCUT2D eigenvalue weighted by Crippen LogP contribution is -2.52. The van der Waals surface area contributed by atoms with Gasteiger partial charge in [0.15, 0.2) is 0 Å². The molecule has 10 nitrogen and oxygen atoms in total. The van der Waals surface area contributed by atoms with Gasteiger partial charge in [0.2, 0.25) is 5.95 Å². The molecule has 1 aliphatic carbocycles. The van der Waals surface area contributed by atoms with Gasteiger partial charge in [-0.05, 0) is 38.0 Å². The smallest absolute Gasteiger partial charge is 0.270 e. The Morgan fingerprint density at radius 1 is 1.17 bits per heavy atom. The van der Waals surface area contributed by atoms with E-state index in [-0.39, 0.29) is 18.6 Å². The van der Waals surface area contributed by atoms with Gasteiger partial charge in [-0.3, -0.25) is 9.69 Å². The number of rotatable bonds is 7. The molecule has 2 aliphatic rings. The summed E-state index contributed by atoms with van der Waals surface area (Å²) in [5, 5.41) is 13.4. The first-order chi connectivity index (χ1) is 17.4. The minimum Gasteiger partial charge on any atom is -0.395 e. The fourth-order valence-electron chi connectivity index (χ4n) is 5.45. The highest BCUT2D eigenvalue weighted by Crippen LogP contribution is 2.35. The minimum absolute atomic E-state index is 0.0156. The van der Waals surface area contributed by atoms with Crippen molar-refractivity contribution < 1.29 is 9.90 Å². The van der Waals surface area contributed by atoms with E-state index >= 15 is 0 Å². The van der Waals surface area contributed by atoms with Crippen molar-refractivity contribution in [1.82, 2.24) is 29.3 Å². The van der Waals surface area contributed by atoms with Crippen molar-refractivity contribution in [2.24, 2.45) is 0 Å². The molecular weight excluding hydrogens is 456 g/mol. The molecule has 0 bridgehead atoms. The van der Waals surface area contributed by atoms with E-state index in [0.717, 1.165) is 55.7 Å². The number of aromatic nitrogens is 4. The average molecular weight is 493 g/mol. The van der Waals surface area contributed by atoms with Crippen LogP contribution in [0, 0.1) is 0 Å². The summed E-state index contributed by atoms with van der Waals surface area (Å²) in [5.41, 5.74) is 2.54. The third kappa shape index (κ3) is 4.87. The van der Waals surface area contributed by atoms with Crippen LogP contribution >= 0.6 is 0 Å². The van der Waals surface area contributed by atoms with Crippen LogP contribution in [0.25, 0.3) is 11.0 Å². The molecule has 0 radical (unpaired) electrons. The molecule has 5 rings (SSSR count). The van der Waals surface area contributed by atoms with E-state index in [4.69, 9.17) is 4.98 Å². The molecule has 3 aromatic heterocycles. The van der Waals surface area contributed by atoms with Gasteiger partial charge in [0.25, 0.3) is 5.91 Å². The number of anilines is 3. The molecule has 0 spiro atoms. The molecular formula is C26H36N8O2. The van der Waals surface area contributed by atoms with Crippen LogP contribution in [-0.2, 0) is 0 Å². The van der Waals surface area contributed by atoms with Crippen LogP contribution in [0.1, 0.15) is 49.1 Å². The van der Waals surface area contributed by atoms with Crippen LogP contribution < -0.4 is 10.2 Å². The van der Waals surface area contributed by atoms with E-state index in [1.807, 2.05) is 18.3 Å². The van der Waals surface area contributed by atoms with Gasteiger partial charge in [-0.1, -0.05) is 12.8 Å². The Labute approximate surface area is 211 Å². The van der Waals surface area contributed by atoms with Gasteiger partial charge in [0.05, 0.1) is 18.5 Å². The van der Waals surface area contributed by atoms with Gasteiger partial charge in [-0.25, -0.2) is 9.97 Å². The van der Waals surface area contributed by atoms with Crippen LogP contribution in [0.4, 0.5) is 17.5 Å². The monoisotopic (exact) mass is 492 g/mol. The average Bonchev–Trinajstić information content (AvgIpc) is 3.53. The number of nitrogens with one attached hydrogen (secondary N) is 1. The van der Waals surface area contributed by atoms with Crippen molar-refractivity contribution in [2.75, 3.05) is 57.1 Å². The summed E-state index contributed by atoms with van der Waals surface area (Å²) in [7, 11) is 3.56. The maximum atomic E-state index is 12.9. The highest BCUT2D eigenvalue weighted by Gasteiger charge is 2.27. The number of carbonyl (C=O) groups excluding carboxylic acids is 1. The van der Waals surface area contributed by atoms with E-state index in [0.29, 0.717) is 23.5 Å². The molecule has 192 valence electrons. The zero-order chi connectivity index (χ0) is 25.2. The largest absolute Gasteiger partial charge is 0.395 e. The number of aliphatic hydroxyl groups is 1. The van der Waals surface area contributed by atoms with E-state index in [1.54, 1.807) is 25.2 Å². The fourth-order valence-corrected chi connectivity index (χ4v) is 5.45. The van der Waals surface area contributed by atoms with Gasteiger partial charge in [-0.2, -0.15) is 4.98 Å². The number of pyridine rings is 1. The Kier molecular flexibility index (Phi) is 7.06. The van der Waals surface area contributed by atoms with E-state index in [9.17, 15) is 9.90 Å². The number of β-amino-alcohol motifs (C(OH)–C–C–N with tert-alkyl or cyclic N) is 1. The van der Waals surface area contributed by atoms with Crippen LogP contribution in [0.3, 0.4) is 0 Å². The Bertz CT molecular complexity index is 1200. The first-order valence-electron chi connectivity index (χ1n) is 12.9. The summed E-state index contributed by atoms with van der Waals surface area (Å²) >= 11 is 0. The fraction of sp³-hybridized carbons (Fsp3) is 0.538. The van der Waals surface area contributed by atoms with Gasteiger partial charge >= 0.3 is 0 Å². The number of nitrogens with zero attached hydrogens (tertiary/aromatic N) is 7. The molecule has 1 atom stereocenters. The van der Waals surface area contributed by atoms with Crippen molar-refractivity contribution in [3.8, 4) is 0 Å². The van der Waals surface area contributed by atoms with Gasteiger partial charge in [0, 0.05) is 63.9 Å². The van der Waals surface area contributed by atoms with Crippen LogP contribution in [0.2, 0.25) is 0 Å². The number of hydrogen-bond acceptors (Lipinski definition) is 8. The number of piperazine rings is 1. The molecule has 36 heavy (non-hydrogen) atoms. The first-order valence-corrected chi connectivity index (χ1v) is 12.9. The standard InChI is InChI=1S/C26H36N8O2/c1-18-17-33(11-10-32(18)12-13-35)21-8-9-23(27-16-21)29-26-28-15-19-14-22(25(36)31(2)3)34(24(19)30-26)20-6-4-5-7-20/h8-9,14-16,18,20,35H,4-7,10-13,17H2,1-3H3,(H,27,28,29,30)/t18-/m0/s1. The molecule has 1 amide bonds. The van der Waals surface area contributed by atoms with Crippen molar-refractivity contribution in [2.45, 2.75) is 44.7 Å². The van der Waals surface area contributed by atoms with Gasteiger partial charge < -0.3 is 24.8 Å². The number of hydrogen-bond donors (Lipinski definition) is 2. The Morgan fingerprint density at radius 2 is 1.97 bits per heavy atom. The zero-order valence-corrected chi connectivity index (χ0v) is 21.4. The van der Waals surface area contributed by atoms with E-state index in [1.165, 1.54) is 12.8 Å². The zero-order valence-electron chi connectivity index (χ0n) is 21.4. The Balaban J connectivity index is 1.35. The molecule has 10 heteroatoms. The van der Waals surface area contributed by atoms with Crippen molar-refractivity contribution >= 4 is 34.4 Å². The summed E-state index contributed by atoms with van der Waals surface area (Å²) in [6, 6.07) is 6.59. The molecule has 3 aromatic rings.